The lowest BCUT2D eigenvalue weighted by atomic mass is 9.99. The quantitative estimate of drug-likeness (QED) is 0.419. The fraction of sp³-hybridized carbons (Fsp3) is 0.304. The van der Waals surface area contributed by atoms with Crippen LogP contribution in [-0.4, -0.2) is 32.9 Å². The first-order valence-electron chi connectivity index (χ1n) is 10.5. The van der Waals surface area contributed by atoms with E-state index in [1.165, 1.54) is 21.6 Å². The van der Waals surface area contributed by atoms with Gasteiger partial charge >= 0.3 is 6.18 Å². The Kier molecular flexibility index (Phi) is 6.58. The van der Waals surface area contributed by atoms with E-state index < -0.39 is 53.1 Å². The highest BCUT2D eigenvalue weighted by atomic mass is 19.4. The lowest BCUT2D eigenvalue weighted by Gasteiger charge is -2.36. The maximum Gasteiger partial charge on any atom is 0.434 e. The lowest BCUT2D eigenvalue weighted by Crippen LogP contribution is -2.45. The van der Waals surface area contributed by atoms with Gasteiger partial charge < -0.3 is 15.2 Å². The maximum absolute atomic E-state index is 14.0. The molecule has 2 aromatic carbocycles. The minimum Gasteiger partial charge on any atom is -0.330 e. The average molecular weight is 500 g/mol. The van der Waals surface area contributed by atoms with E-state index >= 15 is 0 Å². The SMILES string of the molecule is N[C@@H](CC(=O)N1CCn2cc(C(F)(F)F)nc2C1c1ccc(F)cc1)Cc1cc(F)c(F)cc1F. The van der Waals surface area contributed by atoms with Gasteiger partial charge in [-0.15, -0.1) is 0 Å². The van der Waals surface area contributed by atoms with E-state index in [4.69, 9.17) is 5.73 Å². The Labute approximate surface area is 195 Å². The van der Waals surface area contributed by atoms with Crippen molar-refractivity contribution in [1.82, 2.24) is 14.5 Å². The number of hydrogen-bond donors (Lipinski definition) is 1. The third kappa shape index (κ3) is 5.16. The van der Waals surface area contributed by atoms with Crippen molar-refractivity contribution in [2.45, 2.75) is 37.6 Å². The normalized spacial score (nSPS) is 16.8. The van der Waals surface area contributed by atoms with Crippen molar-refractivity contribution in [3.63, 3.8) is 0 Å². The predicted octanol–water partition coefficient (Wildman–Crippen LogP) is 4.35. The number of rotatable bonds is 5. The van der Waals surface area contributed by atoms with Crippen molar-refractivity contribution < 1.29 is 35.5 Å². The smallest absolute Gasteiger partial charge is 0.330 e. The minimum atomic E-state index is -4.70. The number of nitrogens with zero attached hydrogens (tertiary/aromatic N) is 3. The first-order valence-corrected chi connectivity index (χ1v) is 10.5. The van der Waals surface area contributed by atoms with E-state index in [0.717, 1.165) is 18.3 Å². The number of halogens is 7. The van der Waals surface area contributed by atoms with Crippen LogP contribution in [0.3, 0.4) is 0 Å². The van der Waals surface area contributed by atoms with E-state index in [2.05, 4.69) is 4.98 Å². The number of hydrogen-bond acceptors (Lipinski definition) is 3. The molecule has 0 aliphatic carbocycles. The third-order valence-electron chi connectivity index (χ3n) is 5.75. The van der Waals surface area contributed by atoms with Crippen molar-refractivity contribution in [3.05, 3.63) is 88.5 Å². The second kappa shape index (κ2) is 9.33. The van der Waals surface area contributed by atoms with Gasteiger partial charge in [-0.3, -0.25) is 4.79 Å². The monoisotopic (exact) mass is 500 g/mol. The Bertz CT molecular complexity index is 1240. The topological polar surface area (TPSA) is 64.2 Å². The van der Waals surface area contributed by atoms with Gasteiger partial charge in [-0.2, -0.15) is 13.2 Å². The van der Waals surface area contributed by atoms with Crippen LogP contribution in [0.1, 0.15) is 35.1 Å². The van der Waals surface area contributed by atoms with E-state index in [9.17, 15) is 35.5 Å². The van der Waals surface area contributed by atoms with Gasteiger partial charge in [-0.1, -0.05) is 12.1 Å². The zero-order valence-corrected chi connectivity index (χ0v) is 18.0. The van der Waals surface area contributed by atoms with Crippen LogP contribution < -0.4 is 5.73 Å². The molecule has 2 atom stereocenters. The Balaban J connectivity index is 1.61. The molecule has 2 heterocycles. The second-order valence-electron chi connectivity index (χ2n) is 8.24. The van der Waals surface area contributed by atoms with Crippen molar-refractivity contribution in [3.8, 4) is 0 Å². The second-order valence-corrected chi connectivity index (χ2v) is 8.24. The van der Waals surface area contributed by atoms with Crippen LogP contribution >= 0.6 is 0 Å². The molecule has 0 spiro atoms. The molecule has 2 N–H and O–H groups in total. The first kappa shape index (κ1) is 24.7. The van der Waals surface area contributed by atoms with Crippen LogP contribution in [0.4, 0.5) is 30.7 Å². The number of carbonyl (C=O) groups excluding carboxylic acids is 1. The van der Waals surface area contributed by atoms with Gasteiger partial charge in [0, 0.05) is 37.8 Å². The maximum atomic E-state index is 14.0. The van der Waals surface area contributed by atoms with E-state index in [0.29, 0.717) is 17.7 Å². The number of imidazole rings is 1. The Morgan fingerprint density at radius 2 is 1.69 bits per heavy atom. The van der Waals surface area contributed by atoms with Crippen LogP contribution in [0, 0.1) is 23.3 Å². The molecule has 1 unspecified atom stereocenters. The van der Waals surface area contributed by atoms with Crippen molar-refractivity contribution in [1.29, 1.82) is 0 Å². The molecule has 0 saturated heterocycles. The fourth-order valence-electron chi connectivity index (χ4n) is 4.11. The number of nitrogens with two attached hydrogens (primary N) is 1. The summed E-state index contributed by atoms with van der Waals surface area (Å²) in [5, 5.41) is 0. The highest BCUT2D eigenvalue weighted by molar-refractivity contribution is 5.78. The van der Waals surface area contributed by atoms with Gasteiger partial charge in [0.25, 0.3) is 0 Å². The third-order valence-corrected chi connectivity index (χ3v) is 5.75. The molecule has 4 rings (SSSR count). The summed E-state index contributed by atoms with van der Waals surface area (Å²) in [6.07, 6.45) is -4.49. The summed E-state index contributed by atoms with van der Waals surface area (Å²) in [6.45, 7) is 0.0304. The van der Waals surface area contributed by atoms with Gasteiger partial charge in [0.1, 0.15) is 23.5 Å². The van der Waals surface area contributed by atoms with E-state index in [-0.39, 0.29) is 37.3 Å². The Hall–Kier alpha value is -3.41. The molecule has 5 nitrogen and oxygen atoms in total. The summed E-state index contributed by atoms with van der Waals surface area (Å²) < 4.78 is 95.2. The van der Waals surface area contributed by atoms with Crippen LogP contribution in [0.15, 0.2) is 42.6 Å². The molecule has 0 fully saturated rings. The zero-order chi connectivity index (χ0) is 25.5. The molecule has 1 aliphatic rings. The number of carbonyl (C=O) groups is 1. The highest BCUT2D eigenvalue weighted by Crippen LogP contribution is 2.36. The van der Waals surface area contributed by atoms with E-state index in [1.54, 1.807) is 0 Å². The molecular weight excluding hydrogens is 481 g/mol. The summed E-state index contributed by atoms with van der Waals surface area (Å²) in [7, 11) is 0. The largest absolute Gasteiger partial charge is 0.434 e. The number of benzene rings is 2. The summed E-state index contributed by atoms with van der Waals surface area (Å²) in [4.78, 5) is 18.1. The minimum absolute atomic E-state index is 0.00773. The predicted molar refractivity (Wildman–Crippen MR) is 110 cm³/mol. The first-order chi connectivity index (χ1) is 16.4. The molecule has 1 aromatic heterocycles. The van der Waals surface area contributed by atoms with Gasteiger partial charge in [0.2, 0.25) is 5.91 Å². The average Bonchev–Trinajstić information content (AvgIpc) is 3.22. The molecular formula is C23H19F7N4O. The Morgan fingerprint density at radius 1 is 1.03 bits per heavy atom. The van der Waals surface area contributed by atoms with Crippen molar-refractivity contribution in [2.24, 2.45) is 5.73 Å². The van der Waals surface area contributed by atoms with Crippen LogP contribution in [-0.2, 0) is 23.9 Å². The van der Waals surface area contributed by atoms with Gasteiger partial charge in [-0.05, 0) is 35.7 Å². The summed E-state index contributed by atoms with van der Waals surface area (Å²) in [5.74, 6) is -4.84. The summed E-state index contributed by atoms with van der Waals surface area (Å²) in [5.41, 5.74) is 4.97. The van der Waals surface area contributed by atoms with Crippen LogP contribution in [0.25, 0.3) is 0 Å². The van der Waals surface area contributed by atoms with Crippen molar-refractivity contribution in [2.75, 3.05) is 6.54 Å². The molecule has 1 amide bonds. The van der Waals surface area contributed by atoms with Crippen LogP contribution in [0.5, 0.6) is 0 Å². The van der Waals surface area contributed by atoms with Gasteiger partial charge in [-0.25, -0.2) is 22.5 Å². The summed E-state index contributed by atoms with van der Waals surface area (Å²) >= 11 is 0. The van der Waals surface area contributed by atoms with Gasteiger partial charge in [0.05, 0.1) is 0 Å². The molecule has 0 radical (unpaired) electrons. The number of fused-ring (bicyclic) bond motifs is 1. The molecule has 1 aliphatic heterocycles. The fourth-order valence-corrected chi connectivity index (χ4v) is 4.11. The number of aromatic nitrogens is 2. The van der Waals surface area contributed by atoms with E-state index in [1.807, 2.05) is 0 Å². The number of alkyl halides is 3. The highest BCUT2D eigenvalue weighted by Gasteiger charge is 2.40. The zero-order valence-electron chi connectivity index (χ0n) is 18.0. The molecule has 35 heavy (non-hydrogen) atoms. The number of amides is 1. The lowest BCUT2D eigenvalue weighted by molar-refractivity contribution is -0.141. The molecule has 12 heteroatoms. The molecule has 3 aromatic rings. The summed E-state index contributed by atoms with van der Waals surface area (Å²) in [6, 6.07) is 3.90. The molecule has 0 bridgehead atoms. The Morgan fingerprint density at radius 3 is 2.34 bits per heavy atom. The standard InChI is InChI=1S/C23H19F7N4O/c24-14-3-1-12(2-4-14)21-22-32-19(23(28,29)30)11-33(22)5-6-34(21)20(35)9-15(31)7-13-8-17(26)18(27)10-16(13)25/h1-4,8,10-11,15,21H,5-7,9,31H2/t15-,21?/m1/s1. The molecule has 186 valence electrons. The van der Waals surface area contributed by atoms with Crippen molar-refractivity contribution >= 4 is 5.91 Å². The van der Waals surface area contributed by atoms with Gasteiger partial charge in [0.15, 0.2) is 17.3 Å². The van der Waals surface area contributed by atoms with Crippen LogP contribution in [0.2, 0.25) is 0 Å². The molecule has 0 saturated carbocycles.